The summed E-state index contributed by atoms with van der Waals surface area (Å²) < 4.78 is 94.8. The van der Waals surface area contributed by atoms with Crippen LogP contribution in [0.15, 0.2) is 29.3 Å². The lowest BCUT2D eigenvalue weighted by atomic mass is 10.0. The van der Waals surface area contributed by atoms with Crippen molar-refractivity contribution >= 4 is 13.3 Å². The number of halogens is 5. The fourth-order valence-corrected chi connectivity index (χ4v) is 4.44. The summed E-state index contributed by atoms with van der Waals surface area (Å²) in [7, 11) is -4.91. The summed E-state index contributed by atoms with van der Waals surface area (Å²) in [5, 5.41) is 20.0. The smallest absolute Gasteiger partial charge is 0.454 e. The van der Waals surface area contributed by atoms with Gasteiger partial charge in [0.25, 0.3) is 5.69 Å². The van der Waals surface area contributed by atoms with Crippen molar-refractivity contribution in [2.75, 3.05) is 13.2 Å². The summed E-state index contributed by atoms with van der Waals surface area (Å²) >= 11 is 0. The number of hydrogen-bond donors (Lipinski definition) is 1. The van der Waals surface area contributed by atoms with Gasteiger partial charge in [-0.15, -0.1) is 0 Å². The number of alkyl halides is 5. The second-order valence-electron chi connectivity index (χ2n) is 5.60. The lowest BCUT2D eigenvalue weighted by molar-refractivity contribution is -0.385. The summed E-state index contributed by atoms with van der Waals surface area (Å²) in [6, 6.07) is 2.22. The zero-order chi connectivity index (χ0) is 22.2. The topological polar surface area (TPSA) is 108 Å². The summed E-state index contributed by atoms with van der Waals surface area (Å²) in [6.07, 6.45) is -8.58. The van der Waals surface area contributed by atoms with Crippen LogP contribution in [0, 0.1) is 10.1 Å². The van der Waals surface area contributed by atoms with Crippen molar-refractivity contribution < 1.29 is 50.3 Å². The highest BCUT2D eigenvalue weighted by Gasteiger charge is 2.65. The van der Waals surface area contributed by atoms with E-state index in [0.29, 0.717) is 6.07 Å². The molecule has 1 heterocycles. The Morgan fingerprint density at radius 2 is 1.76 bits per heavy atom. The molecule has 2 rings (SSSR count). The average molecular weight is 447 g/mol. The molecule has 29 heavy (non-hydrogen) atoms. The van der Waals surface area contributed by atoms with Crippen molar-refractivity contribution in [1.29, 1.82) is 0 Å². The molecule has 1 atom stereocenters. The Morgan fingerprint density at radius 1 is 1.21 bits per heavy atom. The Labute approximate surface area is 160 Å². The first-order chi connectivity index (χ1) is 13.3. The van der Waals surface area contributed by atoms with Crippen LogP contribution in [0.3, 0.4) is 0 Å². The van der Waals surface area contributed by atoms with Crippen molar-refractivity contribution in [3.8, 4) is 5.75 Å². The van der Waals surface area contributed by atoms with Crippen LogP contribution in [0.5, 0.6) is 5.75 Å². The third kappa shape index (κ3) is 4.13. The van der Waals surface area contributed by atoms with E-state index in [4.69, 9.17) is 9.05 Å². The molecule has 1 N–H and O–H groups in total. The molecule has 0 aromatic heterocycles. The number of aliphatic hydroxyl groups excluding tert-OH is 1. The minimum Gasteiger partial charge on any atom is -0.454 e. The average Bonchev–Trinajstić information content (AvgIpc) is 2.60. The molecule has 0 spiro atoms. The van der Waals surface area contributed by atoms with Gasteiger partial charge in [-0.3, -0.25) is 14.7 Å². The van der Waals surface area contributed by atoms with E-state index < -0.39 is 72.0 Å². The maximum absolute atomic E-state index is 14.2. The number of nitrogens with zero attached hydrogens (tertiary/aromatic N) is 1. The van der Waals surface area contributed by atoms with Crippen molar-refractivity contribution in [2.24, 2.45) is 0 Å². The normalized spacial score (nSPS) is 17.7. The highest BCUT2D eigenvalue weighted by atomic mass is 31.2. The number of non-ortho nitro benzene ring substituents is 1. The molecule has 0 bridgehead atoms. The van der Waals surface area contributed by atoms with Crippen LogP contribution in [0.25, 0.3) is 0 Å². The first kappa shape index (κ1) is 23.2. The predicted molar refractivity (Wildman–Crippen MR) is 87.6 cm³/mol. The molecular formula is C15H15F5NO7P. The van der Waals surface area contributed by atoms with Gasteiger partial charge in [-0.1, -0.05) is 0 Å². The molecule has 0 radical (unpaired) electrons. The van der Waals surface area contributed by atoms with Crippen LogP contribution < -0.4 is 4.74 Å². The van der Waals surface area contributed by atoms with Crippen LogP contribution in [-0.2, 0) is 13.6 Å². The molecule has 1 unspecified atom stereocenters. The van der Waals surface area contributed by atoms with Gasteiger partial charge in [0.1, 0.15) is 17.2 Å². The second-order valence-corrected chi connectivity index (χ2v) is 7.60. The SMILES string of the molecule is CCOP(=O)(OCC)C1=C(C(F)(F)C(F)(F)F)Oc2ccc([N+](=O)[O-])cc2C1O. The standard InChI is InChI=1S/C15H15F5NO7P/c1-3-26-29(25,27-4-2)12-11(22)9-7-8(21(23)24)5-6-10(9)28-13(12)14(16,17)15(18,19)20/h5-7,11,22H,3-4H2,1-2H3. The van der Waals surface area contributed by atoms with Crippen molar-refractivity contribution in [2.45, 2.75) is 32.1 Å². The summed E-state index contributed by atoms with van der Waals surface area (Å²) in [4.78, 5) is 10.0. The second kappa shape index (κ2) is 7.98. The van der Waals surface area contributed by atoms with Gasteiger partial charge in [-0.2, -0.15) is 22.0 Å². The molecule has 0 saturated heterocycles. The maximum Gasteiger partial charge on any atom is 0.461 e. The number of hydrogen-bond acceptors (Lipinski definition) is 7. The van der Waals surface area contributed by atoms with E-state index in [2.05, 4.69) is 4.74 Å². The van der Waals surface area contributed by atoms with E-state index >= 15 is 0 Å². The lowest BCUT2D eigenvalue weighted by Crippen LogP contribution is -2.42. The van der Waals surface area contributed by atoms with E-state index in [1.54, 1.807) is 0 Å². The molecule has 0 fully saturated rings. The van der Waals surface area contributed by atoms with E-state index in [9.17, 15) is 41.7 Å². The van der Waals surface area contributed by atoms with Crippen LogP contribution in [-0.4, -0.2) is 35.3 Å². The zero-order valence-corrected chi connectivity index (χ0v) is 15.8. The van der Waals surface area contributed by atoms with E-state index in [1.807, 2.05) is 0 Å². The number of fused-ring (bicyclic) bond motifs is 1. The number of allylic oxidation sites excluding steroid dienone is 1. The molecular weight excluding hydrogens is 432 g/mol. The van der Waals surface area contributed by atoms with Gasteiger partial charge in [-0.05, 0) is 19.9 Å². The van der Waals surface area contributed by atoms with Crippen molar-refractivity contribution in [3.63, 3.8) is 0 Å². The number of ether oxygens (including phenoxy) is 1. The minimum absolute atomic E-state index is 0.430. The Kier molecular flexibility index (Phi) is 6.38. The number of nitro groups is 1. The predicted octanol–water partition coefficient (Wildman–Crippen LogP) is 4.70. The van der Waals surface area contributed by atoms with Gasteiger partial charge in [0.15, 0.2) is 5.76 Å². The fraction of sp³-hybridized carbons (Fsp3) is 0.467. The molecule has 1 aromatic carbocycles. The van der Waals surface area contributed by atoms with E-state index in [0.717, 1.165) is 12.1 Å². The van der Waals surface area contributed by atoms with Gasteiger partial charge < -0.3 is 18.9 Å². The number of rotatable bonds is 7. The molecule has 14 heteroatoms. The quantitative estimate of drug-likeness (QED) is 0.280. The molecule has 1 aliphatic heterocycles. The summed E-state index contributed by atoms with van der Waals surface area (Å²) in [5.74, 6) is -8.54. The fourth-order valence-electron chi connectivity index (χ4n) is 2.53. The van der Waals surface area contributed by atoms with Gasteiger partial charge in [0.05, 0.1) is 18.1 Å². The lowest BCUT2D eigenvalue weighted by Gasteiger charge is -2.34. The summed E-state index contributed by atoms with van der Waals surface area (Å²) in [6.45, 7) is 1.67. The number of nitro benzene ring substituents is 1. The Morgan fingerprint density at radius 3 is 2.21 bits per heavy atom. The van der Waals surface area contributed by atoms with Crippen LogP contribution in [0.1, 0.15) is 25.5 Å². The molecule has 1 aliphatic rings. The van der Waals surface area contributed by atoms with Crippen LogP contribution >= 0.6 is 7.60 Å². The number of benzene rings is 1. The molecule has 1 aromatic rings. The molecule has 162 valence electrons. The molecule has 8 nitrogen and oxygen atoms in total. The Balaban J connectivity index is 2.82. The van der Waals surface area contributed by atoms with Crippen LogP contribution in [0.2, 0.25) is 0 Å². The largest absolute Gasteiger partial charge is 0.461 e. The monoisotopic (exact) mass is 447 g/mol. The number of aliphatic hydroxyl groups is 1. The summed E-state index contributed by atoms with van der Waals surface area (Å²) in [5.41, 5.74) is -1.16. The Bertz CT molecular complexity index is 876. The highest BCUT2D eigenvalue weighted by Crippen LogP contribution is 2.65. The highest BCUT2D eigenvalue weighted by molar-refractivity contribution is 7.58. The van der Waals surface area contributed by atoms with E-state index in [1.165, 1.54) is 13.8 Å². The van der Waals surface area contributed by atoms with Gasteiger partial charge in [0.2, 0.25) is 0 Å². The Hall–Kier alpha value is -2.08. The third-order valence-corrected chi connectivity index (χ3v) is 5.97. The first-order valence-corrected chi connectivity index (χ1v) is 9.57. The molecule has 0 aliphatic carbocycles. The molecule has 0 amide bonds. The zero-order valence-electron chi connectivity index (χ0n) is 14.9. The first-order valence-electron chi connectivity index (χ1n) is 8.03. The van der Waals surface area contributed by atoms with Gasteiger partial charge in [-0.25, -0.2) is 0 Å². The minimum atomic E-state index is -6.17. The third-order valence-electron chi connectivity index (χ3n) is 3.74. The molecule has 0 saturated carbocycles. The van der Waals surface area contributed by atoms with Gasteiger partial charge >= 0.3 is 19.7 Å². The maximum atomic E-state index is 14.2. The van der Waals surface area contributed by atoms with Crippen molar-refractivity contribution in [1.82, 2.24) is 0 Å². The van der Waals surface area contributed by atoms with Crippen LogP contribution in [0.4, 0.5) is 27.6 Å². The van der Waals surface area contributed by atoms with Crippen molar-refractivity contribution in [3.05, 3.63) is 45.0 Å². The van der Waals surface area contributed by atoms with E-state index in [-0.39, 0.29) is 0 Å². The van der Waals surface area contributed by atoms with Gasteiger partial charge in [0, 0.05) is 17.7 Å².